The summed E-state index contributed by atoms with van der Waals surface area (Å²) in [6.45, 7) is 1.79. The van der Waals surface area contributed by atoms with E-state index in [2.05, 4.69) is 0 Å². The number of ether oxygens (including phenoxy) is 1. The Bertz CT molecular complexity index is 368. The lowest BCUT2D eigenvalue weighted by Gasteiger charge is -2.07. The molecule has 0 aliphatic heterocycles. The standard InChI is InChI=1S/C11H12F2O3/c1-2-16-11-8(12)5-7(6-9(11)13)3-4-10(14)15/h5-6H,2-4H2,1H3,(H,14,15). The van der Waals surface area contributed by atoms with Crippen molar-refractivity contribution >= 4 is 5.97 Å². The molecule has 88 valence electrons. The van der Waals surface area contributed by atoms with Crippen molar-refractivity contribution in [2.24, 2.45) is 0 Å². The van der Waals surface area contributed by atoms with E-state index in [4.69, 9.17) is 9.84 Å². The van der Waals surface area contributed by atoms with Crippen molar-refractivity contribution in [2.45, 2.75) is 19.8 Å². The largest absolute Gasteiger partial charge is 0.488 e. The molecule has 0 unspecified atom stereocenters. The van der Waals surface area contributed by atoms with E-state index in [-0.39, 0.29) is 19.4 Å². The Morgan fingerprint density at radius 1 is 1.38 bits per heavy atom. The summed E-state index contributed by atoms with van der Waals surface area (Å²) in [7, 11) is 0. The van der Waals surface area contributed by atoms with Crippen LogP contribution in [0.3, 0.4) is 0 Å². The van der Waals surface area contributed by atoms with Gasteiger partial charge >= 0.3 is 5.97 Å². The van der Waals surface area contributed by atoms with Gasteiger partial charge in [0.1, 0.15) is 0 Å². The van der Waals surface area contributed by atoms with Gasteiger partial charge in [0.2, 0.25) is 0 Å². The van der Waals surface area contributed by atoms with Crippen LogP contribution < -0.4 is 4.74 Å². The Morgan fingerprint density at radius 2 is 1.94 bits per heavy atom. The summed E-state index contributed by atoms with van der Waals surface area (Å²) in [5.74, 6) is -3.03. The van der Waals surface area contributed by atoms with Crippen molar-refractivity contribution < 1.29 is 23.4 Å². The number of carboxylic acids is 1. The molecule has 0 radical (unpaired) electrons. The Hall–Kier alpha value is -1.65. The molecule has 0 atom stereocenters. The molecule has 1 aromatic carbocycles. The van der Waals surface area contributed by atoms with Crippen LogP contribution in [0, 0.1) is 11.6 Å². The minimum Gasteiger partial charge on any atom is -0.488 e. The van der Waals surface area contributed by atoms with Crippen LogP contribution in [0.4, 0.5) is 8.78 Å². The van der Waals surface area contributed by atoms with E-state index < -0.39 is 23.4 Å². The summed E-state index contributed by atoms with van der Waals surface area (Å²) in [6, 6.07) is 2.19. The Morgan fingerprint density at radius 3 is 2.38 bits per heavy atom. The molecule has 0 heterocycles. The SMILES string of the molecule is CCOc1c(F)cc(CCC(=O)O)cc1F. The van der Waals surface area contributed by atoms with Crippen molar-refractivity contribution in [1.29, 1.82) is 0 Å². The number of carboxylic acid groups (broad SMARTS) is 1. The van der Waals surface area contributed by atoms with Crippen LogP contribution in [0.5, 0.6) is 5.75 Å². The van der Waals surface area contributed by atoms with E-state index in [1.165, 1.54) is 0 Å². The molecule has 1 rings (SSSR count). The second kappa shape index (κ2) is 5.44. The van der Waals surface area contributed by atoms with E-state index in [0.717, 1.165) is 12.1 Å². The van der Waals surface area contributed by atoms with Gasteiger partial charge in [-0.1, -0.05) is 0 Å². The van der Waals surface area contributed by atoms with E-state index in [1.54, 1.807) is 6.92 Å². The summed E-state index contributed by atoms with van der Waals surface area (Å²) in [5, 5.41) is 8.44. The number of halogens is 2. The van der Waals surface area contributed by atoms with Crippen LogP contribution >= 0.6 is 0 Å². The zero-order valence-corrected chi connectivity index (χ0v) is 8.80. The van der Waals surface area contributed by atoms with Crippen LogP contribution in [0.15, 0.2) is 12.1 Å². The molecular formula is C11H12F2O3. The molecule has 1 N–H and O–H groups in total. The number of aryl methyl sites for hydroxylation is 1. The molecule has 0 aliphatic carbocycles. The first-order chi connectivity index (χ1) is 7.54. The van der Waals surface area contributed by atoms with Gasteiger partial charge in [-0.15, -0.1) is 0 Å². The van der Waals surface area contributed by atoms with Gasteiger partial charge in [-0.3, -0.25) is 4.79 Å². The minimum atomic E-state index is -1.00. The van der Waals surface area contributed by atoms with E-state index in [9.17, 15) is 13.6 Å². The smallest absolute Gasteiger partial charge is 0.303 e. The second-order valence-corrected chi connectivity index (χ2v) is 3.22. The predicted octanol–water partition coefficient (Wildman–Crippen LogP) is 2.38. The number of hydrogen-bond acceptors (Lipinski definition) is 2. The normalized spacial score (nSPS) is 10.2. The summed E-state index contributed by atoms with van der Waals surface area (Å²) >= 11 is 0. The molecule has 5 heteroatoms. The summed E-state index contributed by atoms with van der Waals surface area (Å²) in [4.78, 5) is 10.3. The molecule has 3 nitrogen and oxygen atoms in total. The molecule has 0 aromatic heterocycles. The molecule has 1 aromatic rings. The van der Waals surface area contributed by atoms with Crippen LogP contribution in [0.2, 0.25) is 0 Å². The maximum Gasteiger partial charge on any atom is 0.303 e. The Kier molecular flexibility index (Phi) is 4.22. The van der Waals surface area contributed by atoms with Crippen molar-refractivity contribution in [1.82, 2.24) is 0 Å². The van der Waals surface area contributed by atoms with Crippen LogP contribution in [0.1, 0.15) is 18.9 Å². The van der Waals surface area contributed by atoms with E-state index >= 15 is 0 Å². The van der Waals surface area contributed by atoms with Crippen molar-refractivity contribution in [2.75, 3.05) is 6.61 Å². The maximum atomic E-state index is 13.3. The van der Waals surface area contributed by atoms with Gasteiger partial charge in [0.15, 0.2) is 17.4 Å². The van der Waals surface area contributed by atoms with Crippen molar-refractivity contribution in [3.63, 3.8) is 0 Å². The lowest BCUT2D eigenvalue weighted by molar-refractivity contribution is -0.136. The fraction of sp³-hybridized carbons (Fsp3) is 0.364. The first-order valence-electron chi connectivity index (χ1n) is 4.87. The number of hydrogen-bond donors (Lipinski definition) is 1. The zero-order chi connectivity index (χ0) is 12.1. The van der Waals surface area contributed by atoms with Gasteiger partial charge in [0.05, 0.1) is 6.61 Å². The topological polar surface area (TPSA) is 46.5 Å². The zero-order valence-electron chi connectivity index (χ0n) is 8.80. The van der Waals surface area contributed by atoms with E-state index in [0.29, 0.717) is 5.56 Å². The van der Waals surface area contributed by atoms with Gasteiger partial charge in [-0.2, -0.15) is 0 Å². The van der Waals surface area contributed by atoms with Crippen LogP contribution in [-0.2, 0) is 11.2 Å². The summed E-state index contributed by atoms with van der Waals surface area (Å²) in [5.41, 5.74) is 0.306. The molecule has 0 aliphatic rings. The number of carbonyl (C=O) groups is 1. The monoisotopic (exact) mass is 230 g/mol. The molecule has 0 saturated carbocycles. The fourth-order valence-corrected chi connectivity index (χ4v) is 1.29. The maximum absolute atomic E-state index is 13.3. The highest BCUT2D eigenvalue weighted by Crippen LogP contribution is 2.23. The lowest BCUT2D eigenvalue weighted by Crippen LogP contribution is -2.02. The number of aliphatic carboxylic acids is 1. The minimum absolute atomic E-state index is 0.0928. The lowest BCUT2D eigenvalue weighted by atomic mass is 10.1. The Balaban J connectivity index is 2.86. The second-order valence-electron chi connectivity index (χ2n) is 3.22. The molecule has 0 fully saturated rings. The van der Waals surface area contributed by atoms with Gasteiger partial charge in [0.25, 0.3) is 0 Å². The van der Waals surface area contributed by atoms with Crippen LogP contribution in [-0.4, -0.2) is 17.7 Å². The van der Waals surface area contributed by atoms with Crippen molar-refractivity contribution in [3.8, 4) is 5.75 Å². The quantitative estimate of drug-likeness (QED) is 0.844. The summed E-state index contributed by atoms with van der Waals surface area (Å²) in [6.07, 6.45) is -0.0670. The van der Waals surface area contributed by atoms with Gasteiger partial charge in [-0.25, -0.2) is 8.78 Å². The van der Waals surface area contributed by atoms with Crippen LogP contribution in [0.25, 0.3) is 0 Å². The first-order valence-corrected chi connectivity index (χ1v) is 4.87. The highest BCUT2D eigenvalue weighted by molar-refractivity contribution is 5.67. The highest BCUT2D eigenvalue weighted by atomic mass is 19.1. The van der Waals surface area contributed by atoms with Crippen molar-refractivity contribution in [3.05, 3.63) is 29.3 Å². The average Bonchev–Trinajstić information content (AvgIpc) is 2.20. The first kappa shape index (κ1) is 12.4. The molecule has 0 bridgehead atoms. The number of benzene rings is 1. The third-order valence-electron chi connectivity index (χ3n) is 1.97. The predicted molar refractivity (Wildman–Crippen MR) is 53.5 cm³/mol. The molecular weight excluding hydrogens is 218 g/mol. The number of rotatable bonds is 5. The fourth-order valence-electron chi connectivity index (χ4n) is 1.29. The molecule has 0 amide bonds. The average molecular weight is 230 g/mol. The third kappa shape index (κ3) is 3.18. The van der Waals surface area contributed by atoms with Gasteiger partial charge in [0, 0.05) is 6.42 Å². The highest BCUT2D eigenvalue weighted by Gasteiger charge is 2.12. The summed E-state index contributed by atoms with van der Waals surface area (Å²) < 4.78 is 31.4. The van der Waals surface area contributed by atoms with E-state index in [1.807, 2.05) is 0 Å². The third-order valence-corrected chi connectivity index (χ3v) is 1.97. The van der Waals surface area contributed by atoms with Gasteiger partial charge in [-0.05, 0) is 31.0 Å². The Labute approximate surface area is 91.7 Å². The molecule has 0 spiro atoms. The van der Waals surface area contributed by atoms with Gasteiger partial charge < -0.3 is 9.84 Å². The molecule has 0 saturated heterocycles. The molecule has 16 heavy (non-hydrogen) atoms.